The summed E-state index contributed by atoms with van der Waals surface area (Å²) in [7, 11) is 0. The molecule has 0 amide bonds. The number of hydrogen-bond donors (Lipinski definition) is 1. The molecular weight excluding hydrogens is 188 g/mol. The maximum atomic E-state index is 10.8. The molecule has 0 spiro atoms. The normalized spacial score (nSPS) is 12.5. The Hall–Kier alpha value is -1.02. The van der Waals surface area contributed by atoms with E-state index in [2.05, 4.69) is 0 Å². The van der Waals surface area contributed by atoms with Crippen LogP contribution < -0.4 is 0 Å². The van der Waals surface area contributed by atoms with Crippen LogP contribution in [0.1, 0.15) is 24.3 Å². The van der Waals surface area contributed by atoms with Gasteiger partial charge >= 0.3 is 0 Å². The highest BCUT2D eigenvalue weighted by molar-refractivity contribution is 6.21. The predicted molar refractivity (Wildman–Crippen MR) is 52.0 cm³/mol. The minimum atomic E-state index is -0.293. The van der Waals surface area contributed by atoms with Crippen molar-refractivity contribution in [3.05, 3.63) is 29.8 Å². The Balaban J connectivity index is 2.71. The summed E-state index contributed by atoms with van der Waals surface area (Å²) in [5, 5.41) is 8.72. The number of aromatic hydroxyl groups is 1. The first-order valence-corrected chi connectivity index (χ1v) is 4.45. The second-order valence-corrected chi connectivity index (χ2v) is 3.49. The molecule has 0 aromatic heterocycles. The molecule has 0 bridgehead atoms. The van der Waals surface area contributed by atoms with Crippen LogP contribution in [-0.2, 0) is 4.79 Å². The molecule has 2 nitrogen and oxygen atoms in total. The van der Waals surface area contributed by atoms with Crippen molar-refractivity contribution in [1.82, 2.24) is 0 Å². The first-order chi connectivity index (χ1) is 6.09. The minimum absolute atomic E-state index is 0.0630. The molecule has 0 heterocycles. The molecule has 0 aliphatic heterocycles. The van der Waals surface area contributed by atoms with Gasteiger partial charge in [0.05, 0.1) is 5.38 Å². The molecule has 0 saturated heterocycles. The number of phenolic OH excluding ortho intramolecular Hbond substituents is 1. The van der Waals surface area contributed by atoms with E-state index in [-0.39, 0.29) is 16.9 Å². The van der Waals surface area contributed by atoms with Crippen LogP contribution in [0.5, 0.6) is 5.75 Å². The van der Waals surface area contributed by atoms with E-state index in [1.807, 2.05) is 0 Å². The zero-order chi connectivity index (χ0) is 9.84. The fourth-order valence-electron chi connectivity index (χ4n) is 1.05. The van der Waals surface area contributed by atoms with E-state index in [0.717, 1.165) is 5.56 Å². The van der Waals surface area contributed by atoms with Crippen molar-refractivity contribution in [2.75, 3.05) is 0 Å². The minimum Gasteiger partial charge on any atom is -0.508 e. The first-order valence-electron chi connectivity index (χ1n) is 4.02. The van der Waals surface area contributed by atoms with Gasteiger partial charge in [0, 0.05) is 6.42 Å². The molecule has 1 aromatic carbocycles. The van der Waals surface area contributed by atoms with Crippen molar-refractivity contribution < 1.29 is 9.90 Å². The highest BCUT2D eigenvalue weighted by Crippen LogP contribution is 2.25. The zero-order valence-corrected chi connectivity index (χ0v) is 8.08. The van der Waals surface area contributed by atoms with Crippen molar-refractivity contribution in [2.45, 2.75) is 18.7 Å². The maximum absolute atomic E-state index is 10.8. The molecule has 0 saturated carbocycles. The van der Waals surface area contributed by atoms with Crippen molar-refractivity contribution in [1.29, 1.82) is 0 Å². The average molecular weight is 199 g/mol. The number of hydrogen-bond acceptors (Lipinski definition) is 2. The molecule has 0 radical (unpaired) electrons. The van der Waals surface area contributed by atoms with E-state index in [0.29, 0.717) is 6.42 Å². The fraction of sp³-hybridized carbons (Fsp3) is 0.300. The molecule has 1 atom stereocenters. The highest BCUT2D eigenvalue weighted by atomic mass is 35.5. The lowest BCUT2D eigenvalue weighted by Gasteiger charge is -2.06. The molecular formula is C10H11ClO2. The standard InChI is InChI=1S/C10H11ClO2/c1-7(12)6-10(11)8-2-4-9(13)5-3-8/h2-5,10,13H,6H2,1H3. The molecule has 1 aromatic rings. The molecule has 3 heteroatoms. The summed E-state index contributed by atoms with van der Waals surface area (Å²) in [5.74, 6) is 0.267. The lowest BCUT2D eigenvalue weighted by molar-refractivity contribution is -0.117. The second-order valence-electron chi connectivity index (χ2n) is 2.97. The van der Waals surface area contributed by atoms with Crippen LogP contribution in [-0.4, -0.2) is 10.9 Å². The van der Waals surface area contributed by atoms with Crippen LogP contribution in [0, 0.1) is 0 Å². The van der Waals surface area contributed by atoms with Gasteiger partial charge in [-0.1, -0.05) is 12.1 Å². The quantitative estimate of drug-likeness (QED) is 0.759. The van der Waals surface area contributed by atoms with Crippen molar-refractivity contribution in [2.24, 2.45) is 0 Å². The van der Waals surface area contributed by atoms with E-state index >= 15 is 0 Å². The van der Waals surface area contributed by atoms with Gasteiger partial charge in [-0.15, -0.1) is 11.6 Å². The van der Waals surface area contributed by atoms with Gasteiger partial charge in [0.2, 0.25) is 0 Å². The number of Topliss-reactive ketones (excluding diaryl/α,β-unsaturated/α-hetero) is 1. The van der Waals surface area contributed by atoms with Crippen LogP contribution in [0.2, 0.25) is 0 Å². The molecule has 1 unspecified atom stereocenters. The highest BCUT2D eigenvalue weighted by Gasteiger charge is 2.09. The Bertz CT molecular complexity index is 292. The summed E-state index contributed by atoms with van der Waals surface area (Å²) in [4.78, 5) is 10.8. The summed E-state index contributed by atoms with van der Waals surface area (Å²) in [6.07, 6.45) is 0.326. The fourth-order valence-corrected chi connectivity index (χ4v) is 1.42. The third-order valence-corrected chi connectivity index (χ3v) is 2.13. The van der Waals surface area contributed by atoms with Gasteiger partial charge in [0.25, 0.3) is 0 Å². The van der Waals surface area contributed by atoms with E-state index in [4.69, 9.17) is 16.7 Å². The van der Waals surface area contributed by atoms with E-state index in [1.54, 1.807) is 24.3 Å². The molecule has 1 N–H and O–H groups in total. The van der Waals surface area contributed by atoms with Gasteiger partial charge in [0.15, 0.2) is 0 Å². The third kappa shape index (κ3) is 3.07. The van der Waals surface area contributed by atoms with Gasteiger partial charge in [-0.2, -0.15) is 0 Å². The van der Waals surface area contributed by atoms with Crippen LogP contribution in [0.15, 0.2) is 24.3 Å². The topological polar surface area (TPSA) is 37.3 Å². The number of carbonyl (C=O) groups excluding carboxylic acids is 1. The summed E-state index contributed by atoms with van der Waals surface area (Å²) in [6, 6.07) is 6.56. The number of alkyl halides is 1. The van der Waals surface area contributed by atoms with Crippen molar-refractivity contribution in [3.8, 4) is 5.75 Å². The zero-order valence-electron chi connectivity index (χ0n) is 7.33. The van der Waals surface area contributed by atoms with E-state index in [9.17, 15) is 4.79 Å². The largest absolute Gasteiger partial charge is 0.508 e. The Labute approximate surface area is 82.2 Å². The van der Waals surface area contributed by atoms with Crippen molar-refractivity contribution in [3.63, 3.8) is 0 Å². The van der Waals surface area contributed by atoms with E-state index in [1.165, 1.54) is 6.92 Å². The molecule has 70 valence electrons. The third-order valence-electron chi connectivity index (χ3n) is 1.72. The van der Waals surface area contributed by atoms with Crippen LogP contribution in [0.4, 0.5) is 0 Å². The number of ketones is 1. The Morgan fingerprint density at radius 1 is 1.46 bits per heavy atom. The number of benzene rings is 1. The van der Waals surface area contributed by atoms with Gasteiger partial charge in [-0.05, 0) is 24.6 Å². The Morgan fingerprint density at radius 3 is 2.46 bits per heavy atom. The second kappa shape index (κ2) is 4.28. The SMILES string of the molecule is CC(=O)CC(Cl)c1ccc(O)cc1. The summed E-state index contributed by atoms with van der Waals surface area (Å²) >= 11 is 5.95. The van der Waals surface area contributed by atoms with Gasteiger partial charge in [-0.3, -0.25) is 4.79 Å². The first kappa shape index (κ1) is 10.1. The molecule has 13 heavy (non-hydrogen) atoms. The Kier molecular flexibility index (Phi) is 3.32. The van der Waals surface area contributed by atoms with Crippen molar-refractivity contribution >= 4 is 17.4 Å². The van der Waals surface area contributed by atoms with Crippen LogP contribution >= 0.6 is 11.6 Å². The predicted octanol–water partition coefficient (Wildman–Crippen LogP) is 2.65. The molecule has 0 fully saturated rings. The summed E-state index contributed by atoms with van der Waals surface area (Å²) in [5.41, 5.74) is 0.856. The number of halogens is 1. The van der Waals surface area contributed by atoms with Gasteiger partial charge < -0.3 is 5.11 Å². The van der Waals surface area contributed by atoms with Gasteiger partial charge in [-0.25, -0.2) is 0 Å². The Morgan fingerprint density at radius 2 is 2.00 bits per heavy atom. The monoisotopic (exact) mass is 198 g/mol. The van der Waals surface area contributed by atoms with Crippen LogP contribution in [0.25, 0.3) is 0 Å². The average Bonchev–Trinajstić information content (AvgIpc) is 2.04. The lowest BCUT2D eigenvalue weighted by atomic mass is 10.1. The van der Waals surface area contributed by atoms with Crippen LogP contribution in [0.3, 0.4) is 0 Å². The number of carbonyl (C=O) groups is 1. The van der Waals surface area contributed by atoms with Gasteiger partial charge in [0.1, 0.15) is 11.5 Å². The number of rotatable bonds is 3. The van der Waals surface area contributed by atoms with E-state index < -0.39 is 0 Å². The molecule has 0 aliphatic rings. The molecule has 0 aliphatic carbocycles. The summed E-state index contributed by atoms with van der Waals surface area (Å²) in [6.45, 7) is 1.51. The number of phenols is 1. The summed E-state index contributed by atoms with van der Waals surface area (Å²) < 4.78 is 0. The maximum Gasteiger partial charge on any atom is 0.131 e. The lowest BCUT2D eigenvalue weighted by Crippen LogP contribution is -1.97. The smallest absolute Gasteiger partial charge is 0.131 e. The molecule has 1 rings (SSSR count).